The zero-order chi connectivity index (χ0) is 12.5. The summed E-state index contributed by atoms with van der Waals surface area (Å²) in [6.45, 7) is 3.52. The molecule has 0 fully saturated rings. The number of hydrogen-bond donors (Lipinski definition) is 2. The molecule has 0 aliphatic rings. The number of aliphatic hydroxyl groups is 1. The van der Waals surface area contributed by atoms with Crippen molar-refractivity contribution in [2.45, 2.75) is 38.6 Å². The van der Waals surface area contributed by atoms with E-state index >= 15 is 0 Å². The highest BCUT2D eigenvalue weighted by molar-refractivity contribution is 9.10. The summed E-state index contributed by atoms with van der Waals surface area (Å²) in [7, 11) is 0. The Morgan fingerprint density at radius 1 is 1.24 bits per heavy atom. The first kappa shape index (κ1) is 14.7. The minimum atomic E-state index is 0.307. The smallest absolute Gasteiger partial charge is 0.0431 e. The molecule has 0 aliphatic heterocycles. The van der Waals surface area contributed by atoms with Crippen molar-refractivity contribution in [2.75, 3.05) is 13.2 Å². The van der Waals surface area contributed by atoms with Crippen LogP contribution < -0.4 is 5.32 Å². The van der Waals surface area contributed by atoms with Gasteiger partial charge in [0.15, 0.2) is 0 Å². The largest absolute Gasteiger partial charge is 0.396 e. The summed E-state index contributed by atoms with van der Waals surface area (Å²) in [4.78, 5) is 0. The monoisotopic (exact) mass is 299 g/mol. The van der Waals surface area contributed by atoms with Crippen molar-refractivity contribution in [1.82, 2.24) is 5.32 Å². The number of unbranched alkanes of at least 4 members (excludes halogenated alkanes) is 2. The summed E-state index contributed by atoms with van der Waals surface area (Å²) in [6, 6.07) is 8.79. The third-order valence-corrected chi connectivity index (χ3v) is 3.64. The Balaban J connectivity index is 2.41. The van der Waals surface area contributed by atoms with Gasteiger partial charge in [-0.05, 0) is 43.9 Å². The quantitative estimate of drug-likeness (QED) is 0.718. The summed E-state index contributed by atoms with van der Waals surface area (Å²) in [5.41, 5.74) is 1.33. The fourth-order valence-electron chi connectivity index (χ4n) is 1.92. The SMILES string of the molecule is CCC(NCCCCCO)c1ccccc1Br. The first-order valence-electron chi connectivity index (χ1n) is 6.38. The molecule has 3 heteroatoms. The molecule has 0 spiro atoms. The van der Waals surface area contributed by atoms with Gasteiger partial charge in [-0.1, -0.05) is 41.1 Å². The molecule has 1 atom stereocenters. The summed E-state index contributed by atoms with van der Waals surface area (Å²) >= 11 is 3.60. The summed E-state index contributed by atoms with van der Waals surface area (Å²) in [5.74, 6) is 0. The highest BCUT2D eigenvalue weighted by Gasteiger charge is 2.10. The van der Waals surface area contributed by atoms with Crippen LogP contribution in [-0.4, -0.2) is 18.3 Å². The number of rotatable bonds is 8. The van der Waals surface area contributed by atoms with E-state index in [-0.39, 0.29) is 0 Å². The summed E-state index contributed by atoms with van der Waals surface area (Å²) in [6.07, 6.45) is 4.22. The van der Waals surface area contributed by atoms with Crippen LogP contribution in [0.5, 0.6) is 0 Å². The highest BCUT2D eigenvalue weighted by Crippen LogP contribution is 2.25. The lowest BCUT2D eigenvalue weighted by molar-refractivity contribution is 0.282. The normalized spacial score (nSPS) is 12.6. The molecule has 0 bridgehead atoms. The molecule has 0 saturated carbocycles. The molecular formula is C14H22BrNO. The van der Waals surface area contributed by atoms with E-state index in [9.17, 15) is 0 Å². The molecule has 1 aromatic rings. The number of halogens is 1. The van der Waals surface area contributed by atoms with Crippen molar-refractivity contribution < 1.29 is 5.11 Å². The van der Waals surface area contributed by atoms with Gasteiger partial charge in [0, 0.05) is 17.1 Å². The second-order valence-electron chi connectivity index (χ2n) is 4.22. The van der Waals surface area contributed by atoms with Crippen LogP contribution >= 0.6 is 15.9 Å². The Morgan fingerprint density at radius 3 is 2.65 bits per heavy atom. The highest BCUT2D eigenvalue weighted by atomic mass is 79.9. The van der Waals surface area contributed by atoms with Crippen LogP contribution in [0.2, 0.25) is 0 Å². The Bertz CT molecular complexity index is 317. The molecule has 0 aromatic heterocycles. The average molecular weight is 300 g/mol. The predicted molar refractivity (Wildman–Crippen MR) is 76.1 cm³/mol. The van der Waals surface area contributed by atoms with Crippen molar-refractivity contribution in [3.05, 3.63) is 34.3 Å². The molecular weight excluding hydrogens is 278 g/mol. The van der Waals surface area contributed by atoms with E-state index in [4.69, 9.17) is 5.11 Å². The van der Waals surface area contributed by atoms with Gasteiger partial charge in [0.25, 0.3) is 0 Å². The Hall–Kier alpha value is -0.380. The molecule has 0 aliphatic carbocycles. The molecule has 2 N–H and O–H groups in total. The molecule has 0 heterocycles. The minimum absolute atomic E-state index is 0.307. The van der Waals surface area contributed by atoms with E-state index in [1.165, 1.54) is 10.0 Å². The maximum Gasteiger partial charge on any atom is 0.0431 e. The van der Waals surface area contributed by atoms with Crippen molar-refractivity contribution in [1.29, 1.82) is 0 Å². The maximum absolute atomic E-state index is 8.71. The number of hydrogen-bond acceptors (Lipinski definition) is 2. The Morgan fingerprint density at radius 2 is 2.00 bits per heavy atom. The second-order valence-corrected chi connectivity index (χ2v) is 5.08. The number of benzene rings is 1. The van der Waals surface area contributed by atoms with Gasteiger partial charge >= 0.3 is 0 Å². The lowest BCUT2D eigenvalue weighted by Gasteiger charge is -2.18. The molecule has 0 saturated heterocycles. The van der Waals surface area contributed by atoms with Gasteiger partial charge in [0.05, 0.1) is 0 Å². The Kier molecular flexibility index (Phi) is 7.49. The van der Waals surface area contributed by atoms with Crippen LogP contribution in [0.3, 0.4) is 0 Å². The van der Waals surface area contributed by atoms with E-state index in [0.717, 1.165) is 32.2 Å². The van der Waals surface area contributed by atoms with Crippen LogP contribution in [0.4, 0.5) is 0 Å². The molecule has 0 radical (unpaired) electrons. The third-order valence-electron chi connectivity index (χ3n) is 2.91. The first-order valence-corrected chi connectivity index (χ1v) is 7.17. The van der Waals surface area contributed by atoms with E-state index in [0.29, 0.717) is 12.6 Å². The van der Waals surface area contributed by atoms with E-state index in [2.05, 4.69) is 46.4 Å². The van der Waals surface area contributed by atoms with Crippen LogP contribution in [0.25, 0.3) is 0 Å². The number of nitrogens with one attached hydrogen (secondary N) is 1. The topological polar surface area (TPSA) is 32.3 Å². The average Bonchev–Trinajstić information content (AvgIpc) is 2.35. The van der Waals surface area contributed by atoms with Gasteiger partial charge in [-0.3, -0.25) is 0 Å². The minimum Gasteiger partial charge on any atom is -0.396 e. The predicted octanol–water partition coefficient (Wildman–Crippen LogP) is 3.65. The zero-order valence-electron chi connectivity index (χ0n) is 10.5. The zero-order valence-corrected chi connectivity index (χ0v) is 12.0. The van der Waals surface area contributed by atoms with Crippen LogP contribution in [0.1, 0.15) is 44.2 Å². The van der Waals surface area contributed by atoms with Gasteiger partial charge in [0.1, 0.15) is 0 Å². The first-order chi connectivity index (χ1) is 8.29. The second kappa shape index (κ2) is 8.67. The number of aliphatic hydroxyl groups excluding tert-OH is 1. The van der Waals surface area contributed by atoms with E-state index in [1.54, 1.807) is 0 Å². The molecule has 1 rings (SSSR count). The maximum atomic E-state index is 8.71. The fraction of sp³-hybridized carbons (Fsp3) is 0.571. The lowest BCUT2D eigenvalue weighted by Crippen LogP contribution is -2.22. The van der Waals surface area contributed by atoms with Crippen molar-refractivity contribution >= 4 is 15.9 Å². The van der Waals surface area contributed by atoms with Gasteiger partial charge in [-0.25, -0.2) is 0 Å². The van der Waals surface area contributed by atoms with Crippen molar-refractivity contribution in [2.24, 2.45) is 0 Å². The molecule has 1 aromatic carbocycles. The van der Waals surface area contributed by atoms with Gasteiger partial charge in [-0.2, -0.15) is 0 Å². The van der Waals surface area contributed by atoms with Crippen molar-refractivity contribution in [3.8, 4) is 0 Å². The fourth-order valence-corrected chi connectivity index (χ4v) is 2.48. The van der Waals surface area contributed by atoms with E-state index < -0.39 is 0 Å². The van der Waals surface area contributed by atoms with Crippen LogP contribution in [0.15, 0.2) is 28.7 Å². The Labute approximate surface area is 113 Å². The molecule has 17 heavy (non-hydrogen) atoms. The van der Waals surface area contributed by atoms with Crippen LogP contribution in [-0.2, 0) is 0 Å². The van der Waals surface area contributed by atoms with Crippen LogP contribution in [0, 0.1) is 0 Å². The third kappa shape index (κ3) is 5.19. The van der Waals surface area contributed by atoms with Crippen molar-refractivity contribution in [3.63, 3.8) is 0 Å². The molecule has 2 nitrogen and oxygen atoms in total. The van der Waals surface area contributed by atoms with Gasteiger partial charge in [0.2, 0.25) is 0 Å². The summed E-state index contributed by atoms with van der Waals surface area (Å²) < 4.78 is 1.18. The standard InChI is InChI=1S/C14H22BrNO/c1-2-14(16-10-6-3-7-11-17)12-8-4-5-9-13(12)15/h4-5,8-9,14,16-17H,2-3,6-7,10-11H2,1H3. The molecule has 96 valence electrons. The molecule has 1 unspecified atom stereocenters. The van der Waals surface area contributed by atoms with E-state index in [1.807, 2.05) is 6.07 Å². The lowest BCUT2D eigenvalue weighted by atomic mass is 10.0. The van der Waals surface area contributed by atoms with Gasteiger partial charge < -0.3 is 10.4 Å². The summed E-state index contributed by atoms with van der Waals surface area (Å²) in [5, 5.41) is 12.3. The van der Waals surface area contributed by atoms with Gasteiger partial charge in [-0.15, -0.1) is 0 Å². The molecule has 0 amide bonds.